The molecule has 1 fully saturated rings. The maximum Gasteiger partial charge on any atom is 0.263 e. The van der Waals surface area contributed by atoms with Gasteiger partial charge in [-0.25, -0.2) is 13.4 Å². The van der Waals surface area contributed by atoms with E-state index < -0.39 is 10.0 Å². The lowest BCUT2D eigenvalue weighted by Gasteiger charge is -2.08. The molecule has 4 rings (SSSR count). The van der Waals surface area contributed by atoms with Crippen LogP contribution >= 0.6 is 11.3 Å². The molecular formula is C19H17N3O3S2. The van der Waals surface area contributed by atoms with Crippen molar-refractivity contribution < 1.29 is 13.2 Å². The van der Waals surface area contributed by atoms with Crippen molar-refractivity contribution >= 4 is 32.4 Å². The first kappa shape index (κ1) is 17.7. The van der Waals surface area contributed by atoms with Crippen LogP contribution < -0.4 is 10.0 Å². The molecule has 1 aromatic heterocycles. The Balaban J connectivity index is 1.40. The topological polar surface area (TPSA) is 88.2 Å². The van der Waals surface area contributed by atoms with E-state index in [2.05, 4.69) is 27.2 Å². The van der Waals surface area contributed by atoms with E-state index in [1.807, 2.05) is 18.2 Å². The third-order valence-corrected chi connectivity index (χ3v) is 6.59. The zero-order valence-electron chi connectivity index (χ0n) is 14.2. The third kappa shape index (κ3) is 4.01. The fraction of sp³-hybridized carbons (Fsp3) is 0.158. The van der Waals surface area contributed by atoms with Gasteiger partial charge in [0.25, 0.3) is 15.9 Å². The average Bonchev–Trinajstić information content (AvgIpc) is 3.26. The number of thiazole rings is 1. The second-order valence-corrected chi connectivity index (χ2v) is 8.88. The number of sulfonamides is 1. The number of nitrogens with one attached hydrogen (secondary N) is 2. The number of amides is 1. The van der Waals surface area contributed by atoms with Gasteiger partial charge in [-0.15, -0.1) is 11.3 Å². The highest BCUT2D eigenvalue weighted by Crippen LogP contribution is 2.40. The minimum atomic E-state index is -3.72. The van der Waals surface area contributed by atoms with E-state index in [-0.39, 0.29) is 16.8 Å². The molecule has 3 aromatic rings. The molecule has 0 aliphatic heterocycles. The molecular weight excluding hydrogens is 382 g/mol. The maximum absolute atomic E-state index is 12.4. The van der Waals surface area contributed by atoms with E-state index in [0.717, 1.165) is 6.42 Å². The van der Waals surface area contributed by atoms with Gasteiger partial charge < -0.3 is 5.32 Å². The fourth-order valence-electron chi connectivity index (χ4n) is 2.91. The molecule has 2 atom stereocenters. The molecule has 27 heavy (non-hydrogen) atoms. The number of anilines is 1. The Bertz CT molecular complexity index is 1030. The summed E-state index contributed by atoms with van der Waals surface area (Å²) in [4.78, 5) is 16.4. The molecule has 6 nitrogen and oxygen atoms in total. The summed E-state index contributed by atoms with van der Waals surface area (Å²) >= 11 is 1.20. The summed E-state index contributed by atoms with van der Waals surface area (Å²) < 4.78 is 27.1. The molecule has 0 unspecified atom stereocenters. The Kier molecular flexibility index (Phi) is 4.67. The number of carbonyl (C=O) groups is 1. The highest BCUT2D eigenvalue weighted by Gasteiger charge is 2.39. The zero-order valence-corrected chi connectivity index (χ0v) is 15.8. The van der Waals surface area contributed by atoms with Crippen LogP contribution in [0.1, 0.15) is 28.3 Å². The molecule has 1 amide bonds. The minimum Gasteiger partial charge on any atom is -0.349 e. The summed E-state index contributed by atoms with van der Waals surface area (Å²) in [5.41, 5.74) is 1.65. The van der Waals surface area contributed by atoms with Crippen LogP contribution in [0.3, 0.4) is 0 Å². The van der Waals surface area contributed by atoms with Gasteiger partial charge in [-0.05, 0) is 36.2 Å². The van der Waals surface area contributed by atoms with E-state index in [4.69, 9.17) is 0 Å². The maximum atomic E-state index is 12.4. The van der Waals surface area contributed by atoms with E-state index >= 15 is 0 Å². The second kappa shape index (κ2) is 7.13. The first-order valence-electron chi connectivity index (χ1n) is 8.41. The standard InChI is InChI=1S/C19H17N3O3S2/c23-18(21-17-12-16(17)13-4-2-1-3-5-13)14-6-8-15(9-7-14)27(24,25)22-19-20-10-11-26-19/h1-11,16-17H,12H2,(H,20,22)(H,21,23)/t16-,17+/m1/s1. The molecule has 0 radical (unpaired) electrons. The lowest BCUT2D eigenvalue weighted by atomic mass is 10.1. The predicted octanol–water partition coefficient (Wildman–Crippen LogP) is 3.23. The number of hydrogen-bond donors (Lipinski definition) is 2. The van der Waals surface area contributed by atoms with Gasteiger partial charge in [-0.1, -0.05) is 30.3 Å². The number of aromatic nitrogens is 1. The van der Waals surface area contributed by atoms with Crippen molar-refractivity contribution in [2.45, 2.75) is 23.3 Å². The summed E-state index contributed by atoms with van der Waals surface area (Å²) in [7, 11) is -3.72. The number of carbonyl (C=O) groups excluding carboxylic acids is 1. The average molecular weight is 399 g/mol. The van der Waals surface area contributed by atoms with Crippen LogP contribution in [-0.2, 0) is 10.0 Å². The molecule has 1 saturated carbocycles. The first-order chi connectivity index (χ1) is 13.0. The molecule has 0 bridgehead atoms. The Morgan fingerprint density at radius 3 is 2.48 bits per heavy atom. The molecule has 0 spiro atoms. The summed E-state index contributed by atoms with van der Waals surface area (Å²) in [6.45, 7) is 0. The van der Waals surface area contributed by atoms with Crippen molar-refractivity contribution in [3.8, 4) is 0 Å². The molecule has 8 heteroatoms. The van der Waals surface area contributed by atoms with Crippen LogP contribution in [0, 0.1) is 0 Å². The molecule has 1 aliphatic rings. The van der Waals surface area contributed by atoms with Gasteiger partial charge in [-0.3, -0.25) is 9.52 Å². The van der Waals surface area contributed by atoms with Gasteiger partial charge in [-0.2, -0.15) is 0 Å². The minimum absolute atomic E-state index is 0.0860. The summed E-state index contributed by atoms with van der Waals surface area (Å²) in [5, 5.41) is 4.99. The van der Waals surface area contributed by atoms with Crippen molar-refractivity contribution in [2.24, 2.45) is 0 Å². The van der Waals surface area contributed by atoms with Crippen LogP contribution in [0.25, 0.3) is 0 Å². The first-order valence-corrected chi connectivity index (χ1v) is 10.8. The summed E-state index contributed by atoms with van der Waals surface area (Å²) in [6.07, 6.45) is 2.44. The van der Waals surface area contributed by atoms with Crippen molar-refractivity contribution in [3.05, 3.63) is 77.3 Å². The highest BCUT2D eigenvalue weighted by atomic mass is 32.2. The Hall–Kier alpha value is -2.71. The van der Waals surface area contributed by atoms with Crippen molar-refractivity contribution in [2.75, 3.05) is 4.72 Å². The van der Waals surface area contributed by atoms with E-state index in [0.29, 0.717) is 16.6 Å². The number of nitrogens with zero attached hydrogens (tertiary/aromatic N) is 1. The van der Waals surface area contributed by atoms with Gasteiger partial charge in [0, 0.05) is 29.1 Å². The second-order valence-electron chi connectivity index (χ2n) is 6.30. The van der Waals surface area contributed by atoms with Crippen molar-refractivity contribution in [3.63, 3.8) is 0 Å². The summed E-state index contributed by atoms with van der Waals surface area (Å²) in [6, 6.07) is 16.1. The Labute approximate surface area is 161 Å². The van der Waals surface area contributed by atoms with Crippen LogP contribution in [0.4, 0.5) is 5.13 Å². The van der Waals surface area contributed by atoms with Gasteiger partial charge in [0.1, 0.15) is 0 Å². The van der Waals surface area contributed by atoms with E-state index in [9.17, 15) is 13.2 Å². The van der Waals surface area contributed by atoms with Crippen LogP contribution in [0.2, 0.25) is 0 Å². The van der Waals surface area contributed by atoms with Gasteiger partial charge in [0.2, 0.25) is 0 Å². The molecule has 1 heterocycles. The monoisotopic (exact) mass is 399 g/mol. The normalized spacial score (nSPS) is 18.7. The lowest BCUT2D eigenvalue weighted by Crippen LogP contribution is -2.26. The van der Waals surface area contributed by atoms with Gasteiger partial charge >= 0.3 is 0 Å². The lowest BCUT2D eigenvalue weighted by molar-refractivity contribution is 0.0950. The van der Waals surface area contributed by atoms with Gasteiger partial charge in [0.15, 0.2) is 5.13 Å². The van der Waals surface area contributed by atoms with Crippen molar-refractivity contribution in [1.82, 2.24) is 10.3 Å². The molecule has 1 aliphatic carbocycles. The number of benzene rings is 2. The van der Waals surface area contributed by atoms with Crippen molar-refractivity contribution in [1.29, 1.82) is 0 Å². The molecule has 2 aromatic carbocycles. The quantitative estimate of drug-likeness (QED) is 0.666. The largest absolute Gasteiger partial charge is 0.349 e. The van der Waals surface area contributed by atoms with Crippen LogP contribution in [0.5, 0.6) is 0 Å². The van der Waals surface area contributed by atoms with E-state index in [1.165, 1.54) is 47.4 Å². The van der Waals surface area contributed by atoms with E-state index in [1.54, 1.807) is 5.38 Å². The third-order valence-electron chi connectivity index (χ3n) is 4.42. The predicted molar refractivity (Wildman–Crippen MR) is 104 cm³/mol. The number of rotatable bonds is 6. The molecule has 0 saturated heterocycles. The Morgan fingerprint density at radius 2 is 1.81 bits per heavy atom. The SMILES string of the molecule is O=C(N[C@H]1C[C@@H]1c1ccccc1)c1ccc(S(=O)(=O)Nc2nccs2)cc1. The smallest absolute Gasteiger partial charge is 0.263 e. The number of hydrogen-bond acceptors (Lipinski definition) is 5. The summed E-state index contributed by atoms with van der Waals surface area (Å²) in [5.74, 6) is 0.146. The Morgan fingerprint density at radius 1 is 1.07 bits per heavy atom. The van der Waals surface area contributed by atoms with Crippen LogP contribution in [-0.4, -0.2) is 25.4 Å². The zero-order chi connectivity index (χ0) is 18.9. The molecule has 2 N–H and O–H groups in total. The van der Waals surface area contributed by atoms with Crippen LogP contribution in [0.15, 0.2) is 71.1 Å². The highest BCUT2D eigenvalue weighted by molar-refractivity contribution is 7.93. The molecule has 138 valence electrons. The fourth-order valence-corrected chi connectivity index (χ4v) is 4.70. The van der Waals surface area contributed by atoms with Gasteiger partial charge in [0.05, 0.1) is 4.90 Å².